The van der Waals surface area contributed by atoms with E-state index in [2.05, 4.69) is 196 Å². The Hall–Kier alpha value is -6.50. The number of fused-ring (bicyclic) bond motifs is 8. The summed E-state index contributed by atoms with van der Waals surface area (Å²) in [6, 6.07) is 67.9. The number of hydrogen-bond donors (Lipinski definition) is 0. The lowest BCUT2D eigenvalue weighted by atomic mass is 9.79. The fourth-order valence-corrected chi connectivity index (χ4v) is 9.70. The van der Waals surface area contributed by atoms with E-state index in [1.807, 2.05) is 0 Å². The van der Waals surface area contributed by atoms with Gasteiger partial charge in [0.1, 0.15) is 0 Å². The summed E-state index contributed by atoms with van der Waals surface area (Å²) >= 11 is 0. The Bertz CT molecular complexity index is 3020. The van der Waals surface area contributed by atoms with Crippen LogP contribution in [-0.4, -0.2) is 0 Å². The second-order valence-corrected chi connectivity index (χ2v) is 15.1. The predicted octanol–water partition coefficient (Wildman–Crippen LogP) is 14.8. The maximum atomic E-state index is 2.48. The van der Waals surface area contributed by atoms with Crippen molar-refractivity contribution in [2.45, 2.75) is 19.3 Å². The van der Waals surface area contributed by atoms with E-state index in [9.17, 15) is 0 Å². The Kier molecular flexibility index (Phi) is 6.40. The monoisotopic (exact) mass is 672 g/mol. The minimum atomic E-state index is -0.0723. The van der Waals surface area contributed by atoms with Crippen LogP contribution in [0.3, 0.4) is 0 Å². The Morgan fingerprint density at radius 3 is 1.25 bits per heavy atom. The fourth-order valence-electron chi connectivity index (χ4n) is 9.70. The first kappa shape index (κ1) is 30.2. The quantitative estimate of drug-likeness (QED) is 0.164. The summed E-state index contributed by atoms with van der Waals surface area (Å²) in [5, 5.41) is 12.7. The molecule has 0 heterocycles. The molecule has 0 fully saturated rings. The van der Waals surface area contributed by atoms with Crippen molar-refractivity contribution in [3.8, 4) is 44.5 Å². The minimum absolute atomic E-state index is 0.0723. The smallest absolute Gasteiger partial charge is 0.0159 e. The van der Waals surface area contributed by atoms with Crippen LogP contribution >= 0.6 is 0 Å². The van der Waals surface area contributed by atoms with E-state index in [1.54, 1.807) is 0 Å². The van der Waals surface area contributed by atoms with Gasteiger partial charge in [0.25, 0.3) is 0 Å². The molecular formula is C53H36. The molecule has 10 aromatic carbocycles. The second kappa shape index (κ2) is 11.2. The number of hydrogen-bond acceptors (Lipinski definition) is 0. The van der Waals surface area contributed by atoms with Crippen molar-refractivity contribution < 1.29 is 0 Å². The summed E-state index contributed by atoms with van der Waals surface area (Å²) in [6.45, 7) is 4.75. The van der Waals surface area contributed by atoms with Gasteiger partial charge in [-0.1, -0.05) is 190 Å². The summed E-state index contributed by atoms with van der Waals surface area (Å²) in [5.74, 6) is 0. The second-order valence-electron chi connectivity index (χ2n) is 15.1. The van der Waals surface area contributed by atoms with Crippen LogP contribution in [0.25, 0.3) is 98.4 Å². The summed E-state index contributed by atoms with van der Waals surface area (Å²) in [5.41, 5.74) is 13.2. The van der Waals surface area contributed by atoms with E-state index < -0.39 is 0 Å². The third-order valence-corrected chi connectivity index (χ3v) is 12.0. The first-order valence-corrected chi connectivity index (χ1v) is 18.7. The molecule has 0 aromatic heterocycles. The lowest BCUT2D eigenvalue weighted by Gasteiger charge is -2.24. The van der Waals surface area contributed by atoms with Gasteiger partial charge in [-0.05, 0) is 116 Å². The molecular weight excluding hydrogens is 637 g/mol. The highest BCUT2D eigenvalue weighted by molar-refractivity contribution is 6.30. The molecule has 0 spiro atoms. The van der Waals surface area contributed by atoms with Gasteiger partial charge in [0.2, 0.25) is 0 Å². The molecule has 248 valence electrons. The maximum absolute atomic E-state index is 2.48. The molecule has 1 aliphatic carbocycles. The van der Waals surface area contributed by atoms with Crippen LogP contribution in [0, 0.1) is 0 Å². The molecule has 0 unspecified atom stereocenters. The van der Waals surface area contributed by atoms with Crippen molar-refractivity contribution in [1.82, 2.24) is 0 Å². The van der Waals surface area contributed by atoms with Gasteiger partial charge in [-0.25, -0.2) is 0 Å². The summed E-state index contributed by atoms with van der Waals surface area (Å²) in [4.78, 5) is 0. The van der Waals surface area contributed by atoms with Crippen LogP contribution in [-0.2, 0) is 5.41 Å². The Morgan fingerprint density at radius 2 is 0.679 bits per heavy atom. The first-order valence-electron chi connectivity index (χ1n) is 18.7. The topological polar surface area (TPSA) is 0 Å². The summed E-state index contributed by atoms with van der Waals surface area (Å²) in [7, 11) is 0. The number of rotatable bonds is 3. The highest BCUT2D eigenvalue weighted by Crippen LogP contribution is 2.53. The van der Waals surface area contributed by atoms with E-state index in [0.29, 0.717) is 0 Å². The lowest BCUT2D eigenvalue weighted by Crippen LogP contribution is -2.14. The van der Waals surface area contributed by atoms with Crippen LogP contribution in [0.4, 0.5) is 0 Å². The molecule has 0 saturated heterocycles. The van der Waals surface area contributed by atoms with Gasteiger partial charge < -0.3 is 0 Å². The number of benzene rings is 10. The van der Waals surface area contributed by atoms with Crippen LogP contribution in [0.1, 0.15) is 25.0 Å². The standard InChI is InChI=1S/C53H36/c1-53(2)47-29-14-13-19-36(47)37-31-30-34(32-48(37)53)49-39-20-5-9-24-43(39)51(44-25-10-6-21-40(44)49)52-45-26-11-7-22-41(45)50(42-23-8-12-27-46(42)52)38-28-15-17-33-16-3-4-18-35(33)38/h3-32H,1-2H3. The highest BCUT2D eigenvalue weighted by atomic mass is 14.4. The van der Waals surface area contributed by atoms with Crippen molar-refractivity contribution in [3.63, 3.8) is 0 Å². The molecule has 0 nitrogen and oxygen atoms in total. The molecule has 0 aliphatic heterocycles. The van der Waals surface area contributed by atoms with Crippen molar-refractivity contribution in [2.24, 2.45) is 0 Å². The van der Waals surface area contributed by atoms with Gasteiger partial charge in [0.15, 0.2) is 0 Å². The van der Waals surface area contributed by atoms with E-state index in [0.717, 1.165) is 0 Å². The van der Waals surface area contributed by atoms with Gasteiger partial charge in [-0.15, -0.1) is 0 Å². The fraction of sp³-hybridized carbons (Fsp3) is 0.0566. The molecule has 0 saturated carbocycles. The van der Waals surface area contributed by atoms with E-state index in [4.69, 9.17) is 0 Å². The molecule has 0 bridgehead atoms. The third kappa shape index (κ3) is 4.24. The zero-order valence-electron chi connectivity index (χ0n) is 29.8. The highest BCUT2D eigenvalue weighted by Gasteiger charge is 2.35. The van der Waals surface area contributed by atoms with Gasteiger partial charge in [0.05, 0.1) is 0 Å². The van der Waals surface area contributed by atoms with Crippen molar-refractivity contribution in [3.05, 3.63) is 193 Å². The largest absolute Gasteiger partial charge is 0.0619 e. The van der Waals surface area contributed by atoms with E-state index in [-0.39, 0.29) is 5.41 Å². The van der Waals surface area contributed by atoms with Crippen molar-refractivity contribution >= 4 is 53.9 Å². The van der Waals surface area contributed by atoms with Gasteiger partial charge in [-0.2, -0.15) is 0 Å². The lowest BCUT2D eigenvalue weighted by molar-refractivity contribution is 0.660. The van der Waals surface area contributed by atoms with Crippen LogP contribution in [0.2, 0.25) is 0 Å². The summed E-state index contributed by atoms with van der Waals surface area (Å²) < 4.78 is 0. The third-order valence-electron chi connectivity index (χ3n) is 12.0. The molecule has 0 N–H and O–H groups in total. The zero-order valence-corrected chi connectivity index (χ0v) is 29.8. The van der Waals surface area contributed by atoms with Crippen LogP contribution in [0.5, 0.6) is 0 Å². The van der Waals surface area contributed by atoms with E-state index in [1.165, 1.54) is 109 Å². The Morgan fingerprint density at radius 1 is 0.283 bits per heavy atom. The van der Waals surface area contributed by atoms with Gasteiger partial charge >= 0.3 is 0 Å². The van der Waals surface area contributed by atoms with Gasteiger partial charge in [-0.3, -0.25) is 0 Å². The molecule has 0 radical (unpaired) electrons. The normalized spacial score (nSPS) is 13.2. The molecule has 0 amide bonds. The maximum Gasteiger partial charge on any atom is 0.0159 e. The minimum Gasteiger partial charge on any atom is -0.0619 e. The molecule has 0 heteroatoms. The van der Waals surface area contributed by atoms with E-state index >= 15 is 0 Å². The van der Waals surface area contributed by atoms with Crippen molar-refractivity contribution in [2.75, 3.05) is 0 Å². The zero-order chi connectivity index (χ0) is 35.3. The molecule has 11 rings (SSSR count). The molecule has 0 atom stereocenters. The predicted molar refractivity (Wildman–Crippen MR) is 228 cm³/mol. The Labute approximate surface area is 309 Å². The average Bonchev–Trinajstić information content (AvgIpc) is 3.44. The molecule has 53 heavy (non-hydrogen) atoms. The molecule has 1 aliphatic rings. The first-order chi connectivity index (χ1) is 26.1. The van der Waals surface area contributed by atoms with Gasteiger partial charge in [0, 0.05) is 5.41 Å². The van der Waals surface area contributed by atoms with Crippen LogP contribution < -0.4 is 0 Å². The Balaban J connectivity index is 1.26. The van der Waals surface area contributed by atoms with Crippen LogP contribution in [0.15, 0.2) is 182 Å². The average molecular weight is 673 g/mol. The van der Waals surface area contributed by atoms with Crippen molar-refractivity contribution in [1.29, 1.82) is 0 Å². The summed E-state index contributed by atoms with van der Waals surface area (Å²) in [6.07, 6.45) is 0. The SMILES string of the molecule is CC1(C)c2ccccc2-c2ccc(-c3c4ccccc4c(-c4c5ccccc5c(-c5cccc6ccccc56)c5ccccc45)c4ccccc34)cc21. The molecule has 10 aromatic rings.